The van der Waals surface area contributed by atoms with E-state index in [1.807, 2.05) is 0 Å². The summed E-state index contributed by atoms with van der Waals surface area (Å²) < 4.78 is 13.8. The molecule has 64 valence electrons. The van der Waals surface area contributed by atoms with E-state index in [9.17, 15) is 4.39 Å². The van der Waals surface area contributed by atoms with Crippen LogP contribution in [0.25, 0.3) is 0 Å². The average Bonchev–Trinajstić information content (AvgIpc) is 2.03. The lowest BCUT2D eigenvalue weighted by Crippen LogP contribution is -2.09. The largest absolute Gasteiger partial charge is 0.321 e. The molecule has 12 heavy (non-hydrogen) atoms. The molecule has 0 saturated heterocycles. The van der Waals surface area contributed by atoms with E-state index in [4.69, 9.17) is 5.73 Å². The van der Waals surface area contributed by atoms with Crippen LogP contribution in [-0.4, -0.2) is 0 Å². The van der Waals surface area contributed by atoms with Gasteiger partial charge in [0.1, 0.15) is 5.82 Å². The third-order valence-corrected chi connectivity index (χ3v) is 2.28. The molecule has 0 fully saturated rings. The van der Waals surface area contributed by atoms with Crippen molar-refractivity contribution in [2.75, 3.05) is 0 Å². The molecule has 0 aliphatic carbocycles. The fourth-order valence-corrected chi connectivity index (χ4v) is 1.55. The number of hydrogen-bond donors (Lipinski definition) is 1. The summed E-state index contributed by atoms with van der Waals surface area (Å²) in [6.45, 7) is 3.51. The first-order valence-corrected chi connectivity index (χ1v) is 4.28. The van der Waals surface area contributed by atoms with E-state index in [0.717, 1.165) is 0 Å². The zero-order valence-corrected chi connectivity index (χ0v) is 8.01. The lowest BCUT2D eigenvalue weighted by Gasteiger charge is -2.09. The number of rotatable bonds is 2. The standard InChI is InChI=1S/C9H9BrFN/c1-2-8(12)9-6(10)4-3-5-7(9)11/h2-5,8H,1,12H2. The summed E-state index contributed by atoms with van der Waals surface area (Å²) in [5, 5.41) is 0. The SMILES string of the molecule is C=CC(N)c1c(F)cccc1Br. The first-order valence-electron chi connectivity index (χ1n) is 3.49. The highest BCUT2D eigenvalue weighted by molar-refractivity contribution is 9.10. The van der Waals surface area contributed by atoms with E-state index in [1.54, 1.807) is 12.1 Å². The molecule has 0 aliphatic heterocycles. The summed E-state index contributed by atoms with van der Waals surface area (Å²) in [7, 11) is 0. The summed E-state index contributed by atoms with van der Waals surface area (Å²) in [5.41, 5.74) is 6.06. The predicted octanol–water partition coefficient (Wildman–Crippen LogP) is 2.77. The third-order valence-electron chi connectivity index (χ3n) is 1.59. The van der Waals surface area contributed by atoms with Crippen molar-refractivity contribution in [2.24, 2.45) is 5.73 Å². The molecular weight excluding hydrogens is 221 g/mol. The van der Waals surface area contributed by atoms with Crippen LogP contribution in [0, 0.1) is 5.82 Å². The number of benzene rings is 1. The number of hydrogen-bond acceptors (Lipinski definition) is 1. The van der Waals surface area contributed by atoms with Gasteiger partial charge in [0.05, 0.1) is 6.04 Å². The van der Waals surface area contributed by atoms with Crippen LogP contribution in [0.1, 0.15) is 11.6 Å². The lowest BCUT2D eigenvalue weighted by molar-refractivity contribution is 0.600. The van der Waals surface area contributed by atoms with Gasteiger partial charge >= 0.3 is 0 Å². The zero-order valence-electron chi connectivity index (χ0n) is 6.43. The molecule has 0 amide bonds. The van der Waals surface area contributed by atoms with E-state index in [0.29, 0.717) is 10.0 Å². The molecule has 0 aromatic heterocycles. The maximum absolute atomic E-state index is 13.1. The fourth-order valence-electron chi connectivity index (χ4n) is 0.947. The highest BCUT2D eigenvalue weighted by atomic mass is 79.9. The Balaban J connectivity index is 3.20. The Morgan fingerprint density at radius 1 is 1.58 bits per heavy atom. The van der Waals surface area contributed by atoms with Crippen LogP contribution in [0.2, 0.25) is 0 Å². The molecule has 1 atom stereocenters. The summed E-state index contributed by atoms with van der Waals surface area (Å²) in [5.74, 6) is -0.309. The van der Waals surface area contributed by atoms with Crippen molar-refractivity contribution in [3.63, 3.8) is 0 Å². The zero-order chi connectivity index (χ0) is 9.14. The summed E-state index contributed by atoms with van der Waals surface area (Å²) >= 11 is 3.22. The minimum atomic E-state index is -0.458. The van der Waals surface area contributed by atoms with Crippen molar-refractivity contribution in [1.29, 1.82) is 0 Å². The quantitative estimate of drug-likeness (QED) is 0.776. The van der Waals surface area contributed by atoms with Crippen molar-refractivity contribution < 1.29 is 4.39 Å². The van der Waals surface area contributed by atoms with E-state index in [1.165, 1.54) is 12.1 Å². The molecule has 2 N–H and O–H groups in total. The molecule has 0 aliphatic rings. The Morgan fingerprint density at radius 2 is 2.25 bits per heavy atom. The second-order valence-corrected chi connectivity index (χ2v) is 3.25. The molecule has 3 heteroatoms. The van der Waals surface area contributed by atoms with Gasteiger partial charge in [-0.1, -0.05) is 28.1 Å². The van der Waals surface area contributed by atoms with Gasteiger partial charge in [-0.2, -0.15) is 0 Å². The van der Waals surface area contributed by atoms with Gasteiger partial charge in [-0.25, -0.2) is 4.39 Å². The van der Waals surface area contributed by atoms with E-state index < -0.39 is 6.04 Å². The average molecular weight is 230 g/mol. The van der Waals surface area contributed by atoms with Crippen molar-refractivity contribution in [1.82, 2.24) is 0 Å². The maximum Gasteiger partial charge on any atom is 0.129 e. The van der Waals surface area contributed by atoms with Crippen molar-refractivity contribution in [3.05, 3.63) is 46.7 Å². The highest BCUT2D eigenvalue weighted by Crippen LogP contribution is 2.24. The molecule has 0 radical (unpaired) electrons. The number of nitrogens with two attached hydrogens (primary N) is 1. The topological polar surface area (TPSA) is 26.0 Å². The van der Waals surface area contributed by atoms with E-state index in [2.05, 4.69) is 22.5 Å². The Bertz CT molecular complexity index is 278. The van der Waals surface area contributed by atoms with E-state index >= 15 is 0 Å². The minimum Gasteiger partial charge on any atom is -0.321 e. The van der Waals surface area contributed by atoms with Crippen LogP contribution in [0.3, 0.4) is 0 Å². The van der Waals surface area contributed by atoms with Gasteiger partial charge in [0.15, 0.2) is 0 Å². The highest BCUT2D eigenvalue weighted by Gasteiger charge is 2.10. The summed E-state index contributed by atoms with van der Waals surface area (Å²) in [4.78, 5) is 0. The van der Waals surface area contributed by atoms with Gasteiger partial charge in [0.25, 0.3) is 0 Å². The smallest absolute Gasteiger partial charge is 0.129 e. The van der Waals surface area contributed by atoms with Crippen molar-refractivity contribution >= 4 is 15.9 Å². The van der Waals surface area contributed by atoms with Crippen molar-refractivity contribution in [3.8, 4) is 0 Å². The normalized spacial score (nSPS) is 12.6. The van der Waals surface area contributed by atoms with E-state index in [-0.39, 0.29) is 5.82 Å². The molecule has 0 heterocycles. The molecule has 1 nitrogen and oxygen atoms in total. The van der Waals surface area contributed by atoms with Gasteiger partial charge in [-0.05, 0) is 12.1 Å². The van der Waals surface area contributed by atoms with Crippen LogP contribution in [0.5, 0.6) is 0 Å². The van der Waals surface area contributed by atoms with Crippen LogP contribution < -0.4 is 5.73 Å². The first-order chi connectivity index (χ1) is 5.66. The molecule has 1 rings (SSSR count). The Morgan fingerprint density at radius 3 is 2.75 bits per heavy atom. The van der Waals surface area contributed by atoms with Crippen LogP contribution >= 0.6 is 15.9 Å². The fraction of sp³-hybridized carbons (Fsp3) is 0.111. The molecule has 0 bridgehead atoms. The predicted molar refractivity (Wildman–Crippen MR) is 51.2 cm³/mol. The minimum absolute atomic E-state index is 0.309. The van der Waals surface area contributed by atoms with Crippen LogP contribution in [0.15, 0.2) is 35.3 Å². The summed E-state index contributed by atoms with van der Waals surface area (Å²) in [6.07, 6.45) is 1.50. The second-order valence-electron chi connectivity index (χ2n) is 2.40. The first kappa shape index (κ1) is 9.42. The molecule has 1 unspecified atom stereocenters. The molecule has 1 aromatic carbocycles. The molecule has 1 aromatic rings. The van der Waals surface area contributed by atoms with Crippen molar-refractivity contribution in [2.45, 2.75) is 6.04 Å². The Labute approximate surface area is 79.2 Å². The second kappa shape index (κ2) is 3.83. The lowest BCUT2D eigenvalue weighted by atomic mass is 10.1. The van der Waals surface area contributed by atoms with Gasteiger partial charge in [-0.3, -0.25) is 0 Å². The molecule has 0 spiro atoms. The van der Waals surface area contributed by atoms with Crippen LogP contribution in [0.4, 0.5) is 4.39 Å². The Hall–Kier alpha value is -0.670. The van der Waals surface area contributed by atoms with Gasteiger partial charge < -0.3 is 5.73 Å². The van der Waals surface area contributed by atoms with Crippen LogP contribution in [-0.2, 0) is 0 Å². The van der Waals surface area contributed by atoms with Gasteiger partial charge in [-0.15, -0.1) is 6.58 Å². The summed E-state index contributed by atoms with van der Waals surface area (Å²) in [6, 6.07) is 4.30. The maximum atomic E-state index is 13.1. The molecule has 0 saturated carbocycles. The molecular formula is C9H9BrFN. The van der Waals surface area contributed by atoms with Gasteiger partial charge in [0.2, 0.25) is 0 Å². The van der Waals surface area contributed by atoms with Gasteiger partial charge in [0, 0.05) is 10.0 Å². The Kier molecular flexibility index (Phi) is 3.00. The third kappa shape index (κ3) is 1.73. The number of halogens is 2. The monoisotopic (exact) mass is 229 g/mol.